The van der Waals surface area contributed by atoms with Gasteiger partial charge in [0.25, 0.3) is 5.56 Å². The molecular weight excluding hydrogens is 314 g/mol. The number of fused-ring (bicyclic) bond motifs is 1. The number of aromatic nitrogens is 3. The monoisotopic (exact) mass is 329 g/mol. The summed E-state index contributed by atoms with van der Waals surface area (Å²) in [5, 5.41) is 9.87. The molecule has 118 valence electrons. The minimum absolute atomic E-state index is 0.326. The number of pyridine rings is 1. The molecule has 0 saturated carbocycles. The number of rotatable bonds is 3. The zero-order valence-corrected chi connectivity index (χ0v) is 13.7. The van der Waals surface area contributed by atoms with Gasteiger partial charge in [0.2, 0.25) is 0 Å². The van der Waals surface area contributed by atoms with E-state index in [4.69, 9.17) is 0 Å². The highest BCUT2D eigenvalue weighted by atomic mass is 32.1. The van der Waals surface area contributed by atoms with Gasteiger partial charge >= 0.3 is 5.97 Å². The second-order valence-corrected chi connectivity index (χ2v) is 6.53. The molecule has 23 heavy (non-hydrogen) atoms. The zero-order valence-electron chi connectivity index (χ0n) is 12.9. The van der Waals surface area contributed by atoms with Crippen molar-refractivity contribution in [1.82, 2.24) is 14.5 Å². The van der Waals surface area contributed by atoms with Crippen LogP contribution in [-0.4, -0.2) is 25.6 Å². The third-order valence-electron chi connectivity index (χ3n) is 3.90. The van der Waals surface area contributed by atoms with Crippen molar-refractivity contribution >= 4 is 27.5 Å². The summed E-state index contributed by atoms with van der Waals surface area (Å²) in [5.41, 5.74) is 1.14. The molecule has 0 aliphatic heterocycles. The molecule has 6 nitrogen and oxygen atoms in total. The van der Waals surface area contributed by atoms with E-state index in [9.17, 15) is 14.7 Å². The molecule has 3 rings (SSSR count). The second-order valence-electron chi connectivity index (χ2n) is 5.33. The number of thiophene rings is 1. The number of aliphatic carboxylic acids is 1. The Morgan fingerprint density at radius 2 is 2.13 bits per heavy atom. The number of aryl methyl sites for hydroxylation is 2. The van der Waals surface area contributed by atoms with Crippen molar-refractivity contribution in [3.8, 4) is 11.4 Å². The molecule has 0 radical (unpaired) electrons. The Bertz CT molecular complexity index is 960. The maximum Gasteiger partial charge on any atom is 0.326 e. The summed E-state index contributed by atoms with van der Waals surface area (Å²) >= 11 is 1.44. The van der Waals surface area contributed by atoms with E-state index >= 15 is 0 Å². The van der Waals surface area contributed by atoms with Crippen molar-refractivity contribution in [2.45, 2.75) is 26.8 Å². The molecule has 0 amide bonds. The first kappa shape index (κ1) is 15.4. The molecule has 0 bridgehead atoms. The summed E-state index contributed by atoms with van der Waals surface area (Å²) < 4.78 is 1.24. The number of hydrogen-bond donors (Lipinski definition) is 1. The zero-order chi connectivity index (χ0) is 16.7. The summed E-state index contributed by atoms with van der Waals surface area (Å²) in [6, 6.07) is 2.47. The van der Waals surface area contributed by atoms with Crippen molar-refractivity contribution in [3.63, 3.8) is 0 Å². The lowest BCUT2D eigenvalue weighted by molar-refractivity contribution is -0.140. The summed E-state index contributed by atoms with van der Waals surface area (Å²) in [6.45, 7) is 5.26. The molecule has 3 heterocycles. The van der Waals surface area contributed by atoms with E-state index in [-0.39, 0.29) is 5.56 Å². The average molecular weight is 329 g/mol. The van der Waals surface area contributed by atoms with Crippen LogP contribution >= 0.6 is 11.3 Å². The number of carbonyl (C=O) groups is 1. The van der Waals surface area contributed by atoms with Crippen molar-refractivity contribution in [2.75, 3.05) is 0 Å². The van der Waals surface area contributed by atoms with Crippen LogP contribution in [0.3, 0.4) is 0 Å². The Labute approximate surface area is 136 Å². The van der Waals surface area contributed by atoms with Crippen LogP contribution < -0.4 is 5.56 Å². The summed E-state index contributed by atoms with van der Waals surface area (Å²) in [4.78, 5) is 34.6. The van der Waals surface area contributed by atoms with Crippen molar-refractivity contribution in [3.05, 3.63) is 45.3 Å². The first-order valence-electron chi connectivity index (χ1n) is 7.07. The number of hydrogen-bond acceptors (Lipinski definition) is 5. The van der Waals surface area contributed by atoms with Crippen molar-refractivity contribution in [1.29, 1.82) is 0 Å². The van der Waals surface area contributed by atoms with E-state index in [1.165, 1.54) is 22.8 Å². The van der Waals surface area contributed by atoms with Crippen molar-refractivity contribution in [2.24, 2.45) is 0 Å². The molecule has 1 unspecified atom stereocenters. The van der Waals surface area contributed by atoms with Gasteiger partial charge in [0, 0.05) is 22.8 Å². The van der Waals surface area contributed by atoms with Gasteiger partial charge in [-0.15, -0.1) is 11.3 Å². The van der Waals surface area contributed by atoms with E-state index < -0.39 is 12.0 Å². The molecule has 0 aliphatic rings. The maximum absolute atomic E-state index is 12.9. The van der Waals surface area contributed by atoms with Gasteiger partial charge in [-0.05, 0) is 38.5 Å². The van der Waals surface area contributed by atoms with Crippen LogP contribution in [0.25, 0.3) is 21.6 Å². The summed E-state index contributed by atoms with van der Waals surface area (Å²) in [6.07, 6.45) is 3.19. The van der Waals surface area contributed by atoms with Crippen LogP contribution in [0.1, 0.15) is 23.4 Å². The quantitative estimate of drug-likeness (QED) is 0.798. The Morgan fingerprint density at radius 3 is 2.74 bits per heavy atom. The Kier molecular flexibility index (Phi) is 3.73. The Hall–Kier alpha value is -2.54. The number of carboxylic acids is 1. The minimum Gasteiger partial charge on any atom is -0.480 e. The van der Waals surface area contributed by atoms with Crippen LogP contribution in [0.4, 0.5) is 0 Å². The number of nitrogens with zero attached hydrogens (tertiary/aromatic N) is 3. The van der Waals surface area contributed by atoms with Crippen LogP contribution in [0, 0.1) is 13.8 Å². The van der Waals surface area contributed by atoms with Crippen LogP contribution in [-0.2, 0) is 4.79 Å². The first-order chi connectivity index (χ1) is 10.9. The fraction of sp³-hybridized carbons (Fsp3) is 0.250. The Morgan fingerprint density at radius 1 is 1.39 bits per heavy atom. The van der Waals surface area contributed by atoms with Gasteiger partial charge in [0.15, 0.2) is 0 Å². The van der Waals surface area contributed by atoms with Gasteiger partial charge in [-0.1, -0.05) is 0 Å². The maximum atomic E-state index is 12.9. The lowest BCUT2D eigenvalue weighted by atomic mass is 10.2. The molecule has 1 N–H and O–H groups in total. The smallest absolute Gasteiger partial charge is 0.326 e. The third kappa shape index (κ3) is 2.43. The molecular formula is C16H15N3O3S. The summed E-state index contributed by atoms with van der Waals surface area (Å²) in [5.74, 6) is -0.755. The highest BCUT2D eigenvalue weighted by Crippen LogP contribution is 2.29. The SMILES string of the molecule is Cc1sc2nc(-c3cccnc3)n(C(C)C(=O)O)c(=O)c2c1C. The van der Waals surface area contributed by atoms with Gasteiger partial charge < -0.3 is 5.11 Å². The molecule has 0 aromatic carbocycles. The standard InChI is InChI=1S/C16H15N3O3S/c1-8-10(3)23-14-12(8)15(20)19(9(2)16(21)22)13(18-14)11-5-4-6-17-7-11/h4-7,9H,1-3H3,(H,21,22). The first-order valence-corrected chi connectivity index (χ1v) is 7.89. The second kappa shape index (κ2) is 5.58. The lowest BCUT2D eigenvalue weighted by Gasteiger charge is -2.16. The lowest BCUT2D eigenvalue weighted by Crippen LogP contribution is -2.30. The molecule has 1 atom stereocenters. The van der Waals surface area contributed by atoms with Crippen LogP contribution in [0.15, 0.2) is 29.3 Å². The largest absolute Gasteiger partial charge is 0.480 e. The highest BCUT2D eigenvalue weighted by Gasteiger charge is 2.24. The molecule has 3 aromatic heterocycles. The molecule has 7 heteroatoms. The van der Waals surface area contributed by atoms with E-state index in [0.717, 1.165) is 10.4 Å². The fourth-order valence-corrected chi connectivity index (χ4v) is 3.49. The normalized spacial score (nSPS) is 12.5. The topological polar surface area (TPSA) is 85.1 Å². The molecule has 0 aliphatic carbocycles. The molecule has 0 fully saturated rings. The van der Waals surface area contributed by atoms with Crippen LogP contribution in [0.5, 0.6) is 0 Å². The molecule has 0 saturated heterocycles. The van der Waals surface area contributed by atoms with Gasteiger partial charge in [0.05, 0.1) is 5.39 Å². The van der Waals surface area contributed by atoms with Gasteiger partial charge in [-0.25, -0.2) is 9.78 Å². The van der Waals surface area contributed by atoms with Gasteiger partial charge in [-0.3, -0.25) is 14.3 Å². The average Bonchev–Trinajstić information content (AvgIpc) is 2.82. The van der Waals surface area contributed by atoms with Gasteiger partial charge in [-0.2, -0.15) is 0 Å². The van der Waals surface area contributed by atoms with Crippen molar-refractivity contribution < 1.29 is 9.90 Å². The molecule has 0 spiro atoms. The predicted molar refractivity (Wildman–Crippen MR) is 88.9 cm³/mol. The third-order valence-corrected chi connectivity index (χ3v) is 5.00. The minimum atomic E-state index is -1.08. The molecule has 3 aromatic rings. The van der Waals surface area contributed by atoms with E-state index in [1.807, 2.05) is 13.8 Å². The highest BCUT2D eigenvalue weighted by molar-refractivity contribution is 7.18. The predicted octanol–water partition coefficient (Wildman–Crippen LogP) is 2.78. The van der Waals surface area contributed by atoms with E-state index in [0.29, 0.717) is 21.6 Å². The van der Waals surface area contributed by atoms with E-state index in [1.54, 1.807) is 24.5 Å². The van der Waals surface area contributed by atoms with Gasteiger partial charge in [0.1, 0.15) is 16.7 Å². The number of carboxylic acid groups (broad SMARTS) is 1. The fourth-order valence-electron chi connectivity index (χ4n) is 2.47. The summed E-state index contributed by atoms with van der Waals surface area (Å²) in [7, 11) is 0. The Balaban J connectivity index is 2.45. The van der Waals surface area contributed by atoms with Crippen LogP contribution in [0.2, 0.25) is 0 Å². The van der Waals surface area contributed by atoms with E-state index in [2.05, 4.69) is 9.97 Å².